The van der Waals surface area contributed by atoms with Crippen molar-refractivity contribution in [3.05, 3.63) is 59.9 Å². The first kappa shape index (κ1) is 27.5. The molecule has 3 atom stereocenters. The van der Waals surface area contributed by atoms with Gasteiger partial charge in [0, 0.05) is 42.2 Å². The average Bonchev–Trinajstić information content (AvgIpc) is 3.54. The first-order chi connectivity index (χ1) is 20.9. The number of piperazine rings is 1. The third kappa shape index (κ3) is 4.84. The Balaban J connectivity index is 1.32. The van der Waals surface area contributed by atoms with Crippen LogP contribution in [0.25, 0.3) is 32.8 Å². The maximum Gasteiger partial charge on any atom is 0.319 e. The van der Waals surface area contributed by atoms with Gasteiger partial charge < -0.3 is 19.4 Å². The van der Waals surface area contributed by atoms with Gasteiger partial charge in [0.25, 0.3) is 0 Å². The molecule has 3 aromatic carbocycles. The first-order valence-corrected chi connectivity index (χ1v) is 15.2. The van der Waals surface area contributed by atoms with Crippen molar-refractivity contribution < 1.29 is 13.9 Å². The Hall–Kier alpha value is -4.29. The number of fused-ring (bicyclic) bond motifs is 4. The van der Waals surface area contributed by atoms with Gasteiger partial charge in [0.1, 0.15) is 24.4 Å². The van der Waals surface area contributed by atoms with Crippen LogP contribution in [0.5, 0.6) is 6.01 Å². The van der Waals surface area contributed by atoms with Crippen molar-refractivity contribution in [3.8, 4) is 23.2 Å². The number of halogens is 1. The van der Waals surface area contributed by atoms with E-state index in [9.17, 15) is 4.79 Å². The molecule has 3 fully saturated rings. The zero-order chi connectivity index (χ0) is 29.7. The van der Waals surface area contributed by atoms with Crippen LogP contribution in [0.2, 0.25) is 0 Å². The van der Waals surface area contributed by atoms with Crippen molar-refractivity contribution in [1.82, 2.24) is 19.8 Å². The van der Waals surface area contributed by atoms with Crippen LogP contribution >= 0.6 is 0 Å². The Bertz CT molecular complexity index is 1750. The Morgan fingerprint density at radius 1 is 1.05 bits per heavy atom. The molecule has 4 heterocycles. The smallest absolute Gasteiger partial charge is 0.319 e. The summed E-state index contributed by atoms with van der Waals surface area (Å²) < 4.78 is 22.9. The van der Waals surface area contributed by atoms with Crippen LogP contribution in [0.4, 0.5) is 10.2 Å². The highest BCUT2D eigenvalue weighted by Gasteiger charge is 2.43. The zero-order valence-corrected chi connectivity index (χ0v) is 24.6. The van der Waals surface area contributed by atoms with Gasteiger partial charge >= 0.3 is 6.01 Å². The van der Waals surface area contributed by atoms with E-state index in [0.29, 0.717) is 36.5 Å². The molecule has 1 unspecified atom stereocenters. The molecular formula is C34H35FN6O2. The molecule has 220 valence electrons. The SMILES string of the molecule is Cc1cccc2cccc(-c3ccc4c(N5C[C@H]6CC[C@@H](C5)N6C(=O)CC#N)nc(OCC5CCCN5C)nc4c3F)c12. The summed E-state index contributed by atoms with van der Waals surface area (Å²) in [7, 11) is 2.09. The summed E-state index contributed by atoms with van der Waals surface area (Å²) in [6, 6.07) is 18.3. The Labute approximate surface area is 250 Å². The van der Waals surface area contributed by atoms with Gasteiger partial charge in [0.05, 0.1) is 6.07 Å². The molecule has 1 amide bonds. The molecule has 3 aliphatic rings. The lowest BCUT2D eigenvalue weighted by molar-refractivity contribution is -0.133. The van der Waals surface area contributed by atoms with E-state index >= 15 is 4.39 Å². The molecule has 0 saturated carbocycles. The molecule has 0 radical (unpaired) electrons. The molecule has 1 aromatic heterocycles. The topological polar surface area (TPSA) is 85.6 Å². The standard InChI is InChI=1S/C34H35FN6O2/c1-21-6-3-7-22-8-4-10-26(30(21)22)27-13-14-28-32(31(27)35)37-34(43-20-25-9-5-17-39(25)2)38-33(28)40-18-23-11-12-24(19-40)41(23)29(42)15-16-36/h3-4,6-8,10,13-14,23-25H,5,9,11-12,15,17-20H2,1-2H3/t23-,24+,25?. The third-order valence-corrected chi connectivity index (χ3v) is 9.55. The second-order valence-electron chi connectivity index (χ2n) is 12.1. The van der Waals surface area contributed by atoms with Crippen molar-refractivity contribution >= 4 is 33.4 Å². The van der Waals surface area contributed by atoms with Gasteiger partial charge in [-0.3, -0.25) is 4.79 Å². The molecule has 0 aliphatic carbocycles. The molecule has 43 heavy (non-hydrogen) atoms. The molecule has 3 aliphatic heterocycles. The zero-order valence-electron chi connectivity index (χ0n) is 24.6. The van der Waals surface area contributed by atoms with Gasteiger partial charge in [-0.25, -0.2) is 4.39 Å². The second-order valence-corrected chi connectivity index (χ2v) is 12.1. The van der Waals surface area contributed by atoms with Crippen molar-refractivity contribution in [1.29, 1.82) is 5.26 Å². The van der Waals surface area contributed by atoms with Gasteiger partial charge in [-0.1, -0.05) is 42.5 Å². The monoisotopic (exact) mass is 578 g/mol. The fraction of sp³-hybridized carbons (Fsp3) is 0.412. The summed E-state index contributed by atoms with van der Waals surface area (Å²) in [4.78, 5) is 28.6. The number of carbonyl (C=O) groups excluding carboxylic acids is 1. The Morgan fingerprint density at radius 2 is 1.81 bits per heavy atom. The van der Waals surface area contributed by atoms with Crippen LogP contribution in [-0.4, -0.2) is 77.1 Å². The number of likely N-dealkylation sites (tertiary alicyclic amines) is 1. The number of aromatic nitrogens is 2. The summed E-state index contributed by atoms with van der Waals surface area (Å²) in [5.41, 5.74) is 2.64. The summed E-state index contributed by atoms with van der Waals surface area (Å²) >= 11 is 0. The van der Waals surface area contributed by atoms with E-state index < -0.39 is 5.82 Å². The molecule has 4 aromatic rings. The minimum atomic E-state index is -0.398. The fourth-order valence-electron chi connectivity index (χ4n) is 7.40. The van der Waals surface area contributed by atoms with Crippen molar-refractivity contribution in [2.45, 2.75) is 57.2 Å². The molecule has 0 spiro atoms. The number of amides is 1. The van der Waals surface area contributed by atoms with Gasteiger partial charge in [-0.05, 0) is 74.2 Å². The maximum atomic E-state index is 16.7. The van der Waals surface area contributed by atoms with Crippen LogP contribution in [0.1, 0.15) is 37.7 Å². The normalized spacial score (nSPS) is 22.0. The molecular weight excluding hydrogens is 543 g/mol. The van der Waals surface area contributed by atoms with E-state index in [1.165, 1.54) is 0 Å². The number of rotatable bonds is 6. The van der Waals surface area contributed by atoms with E-state index in [1.54, 1.807) is 0 Å². The molecule has 0 N–H and O–H groups in total. The number of aryl methyl sites for hydroxylation is 1. The molecule has 7 rings (SSSR count). The molecule has 8 nitrogen and oxygen atoms in total. The highest BCUT2D eigenvalue weighted by molar-refractivity contribution is 6.02. The summed E-state index contributed by atoms with van der Waals surface area (Å²) in [6.07, 6.45) is 3.79. The van der Waals surface area contributed by atoms with E-state index in [-0.39, 0.29) is 42.0 Å². The van der Waals surface area contributed by atoms with Crippen LogP contribution in [0, 0.1) is 24.1 Å². The average molecular weight is 579 g/mol. The molecule has 3 saturated heterocycles. The second kappa shape index (κ2) is 11.1. The molecule has 9 heteroatoms. The molecule has 2 bridgehead atoms. The maximum absolute atomic E-state index is 16.7. The minimum Gasteiger partial charge on any atom is -0.462 e. The Morgan fingerprint density at radius 3 is 2.53 bits per heavy atom. The highest BCUT2D eigenvalue weighted by atomic mass is 19.1. The van der Waals surface area contributed by atoms with Crippen LogP contribution in [-0.2, 0) is 4.79 Å². The number of ether oxygens (including phenoxy) is 1. The van der Waals surface area contributed by atoms with E-state index in [0.717, 1.165) is 54.1 Å². The van der Waals surface area contributed by atoms with E-state index in [4.69, 9.17) is 15.0 Å². The van der Waals surface area contributed by atoms with E-state index in [1.807, 2.05) is 66.4 Å². The summed E-state index contributed by atoms with van der Waals surface area (Å²) in [5.74, 6) is 0.113. The number of carbonyl (C=O) groups is 1. The number of nitriles is 1. The lowest BCUT2D eigenvalue weighted by Gasteiger charge is -2.41. The lowest BCUT2D eigenvalue weighted by Crippen LogP contribution is -2.56. The minimum absolute atomic E-state index is 0.0103. The quantitative estimate of drug-likeness (QED) is 0.300. The van der Waals surface area contributed by atoms with Gasteiger partial charge in [0.15, 0.2) is 5.82 Å². The third-order valence-electron chi connectivity index (χ3n) is 9.55. The van der Waals surface area contributed by atoms with Gasteiger partial charge in [-0.2, -0.15) is 15.2 Å². The number of hydrogen-bond acceptors (Lipinski definition) is 7. The predicted octanol–water partition coefficient (Wildman–Crippen LogP) is 5.46. The number of likely N-dealkylation sites (N-methyl/N-ethyl adjacent to an activating group) is 1. The van der Waals surface area contributed by atoms with Gasteiger partial charge in [-0.15, -0.1) is 0 Å². The summed E-state index contributed by atoms with van der Waals surface area (Å²) in [6.45, 7) is 4.64. The number of nitrogens with zero attached hydrogens (tertiary/aromatic N) is 6. The van der Waals surface area contributed by atoms with Crippen molar-refractivity contribution in [3.63, 3.8) is 0 Å². The van der Waals surface area contributed by atoms with Crippen LogP contribution in [0.3, 0.4) is 0 Å². The predicted molar refractivity (Wildman–Crippen MR) is 164 cm³/mol. The number of benzene rings is 3. The first-order valence-electron chi connectivity index (χ1n) is 15.2. The van der Waals surface area contributed by atoms with E-state index in [2.05, 4.69) is 21.8 Å². The highest BCUT2D eigenvalue weighted by Crippen LogP contribution is 2.39. The summed E-state index contributed by atoms with van der Waals surface area (Å²) in [5, 5.41) is 11.8. The lowest BCUT2D eigenvalue weighted by atomic mass is 9.94. The van der Waals surface area contributed by atoms with Gasteiger partial charge in [0.2, 0.25) is 5.91 Å². The van der Waals surface area contributed by atoms with Crippen LogP contribution in [0.15, 0.2) is 48.5 Å². The number of anilines is 1. The van der Waals surface area contributed by atoms with Crippen molar-refractivity contribution in [2.24, 2.45) is 0 Å². The fourth-order valence-corrected chi connectivity index (χ4v) is 7.40. The Kier molecular flexibility index (Phi) is 7.10. The largest absolute Gasteiger partial charge is 0.462 e. The number of hydrogen-bond donors (Lipinski definition) is 0. The van der Waals surface area contributed by atoms with Crippen molar-refractivity contribution in [2.75, 3.05) is 38.2 Å². The van der Waals surface area contributed by atoms with Crippen LogP contribution < -0.4 is 9.64 Å².